The highest BCUT2D eigenvalue weighted by Gasteiger charge is 2.03. The Morgan fingerprint density at radius 2 is 2.00 bits per heavy atom. The van der Waals surface area contributed by atoms with Crippen molar-refractivity contribution in [1.29, 1.82) is 0 Å². The predicted octanol–water partition coefficient (Wildman–Crippen LogP) is 3.40. The summed E-state index contributed by atoms with van der Waals surface area (Å²) in [4.78, 5) is 4.09. The maximum atomic E-state index is 5.71. The van der Waals surface area contributed by atoms with Gasteiger partial charge in [0.2, 0.25) is 0 Å². The Kier molecular flexibility index (Phi) is 2.73. The van der Waals surface area contributed by atoms with Gasteiger partial charge in [-0.1, -0.05) is 22.0 Å². The van der Waals surface area contributed by atoms with E-state index in [0.29, 0.717) is 5.69 Å². The number of aromatic nitrogens is 1. The van der Waals surface area contributed by atoms with E-state index in [2.05, 4.69) is 40.0 Å². The molecule has 0 atom stereocenters. The Bertz CT molecular complexity index is 495. The molecule has 15 heavy (non-hydrogen) atoms. The molecular formula is C12H11BrN2. The summed E-state index contributed by atoms with van der Waals surface area (Å²) in [5.74, 6) is 0. The van der Waals surface area contributed by atoms with Crippen LogP contribution in [-0.2, 0) is 0 Å². The van der Waals surface area contributed by atoms with Gasteiger partial charge in [0.15, 0.2) is 0 Å². The normalized spacial score (nSPS) is 10.3. The summed E-state index contributed by atoms with van der Waals surface area (Å²) in [6, 6.07) is 8.11. The van der Waals surface area contributed by atoms with Gasteiger partial charge in [-0.2, -0.15) is 0 Å². The zero-order chi connectivity index (χ0) is 10.8. The lowest BCUT2D eigenvalue weighted by atomic mass is 10.0. The quantitative estimate of drug-likeness (QED) is 0.856. The maximum Gasteiger partial charge on any atom is 0.0506 e. The zero-order valence-electron chi connectivity index (χ0n) is 8.37. The molecule has 0 aliphatic heterocycles. The molecule has 2 rings (SSSR count). The van der Waals surface area contributed by atoms with E-state index in [0.717, 1.165) is 15.6 Å². The van der Waals surface area contributed by atoms with Crippen molar-refractivity contribution in [3.63, 3.8) is 0 Å². The molecule has 76 valence electrons. The summed E-state index contributed by atoms with van der Waals surface area (Å²) in [5, 5.41) is 0. The fourth-order valence-corrected chi connectivity index (χ4v) is 1.87. The van der Waals surface area contributed by atoms with Crippen molar-refractivity contribution >= 4 is 21.6 Å². The summed E-state index contributed by atoms with van der Waals surface area (Å²) >= 11 is 3.46. The van der Waals surface area contributed by atoms with Gasteiger partial charge in [0, 0.05) is 22.4 Å². The average Bonchev–Trinajstić information content (AvgIpc) is 2.22. The molecule has 2 aromatic rings. The number of pyridine rings is 1. The van der Waals surface area contributed by atoms with Crippen LogP contribution < -0.4 is 5.73 Å². The van der Waals surface area contributed by atoms with E-state index in [4.69, 9.17) is 5.73 Å². The number of rotatable bonds is 1. The lowest BCUT2D eigenvalue weighted by Crippen LogP contribution is -1.89. The van der Waals surface area contributed by atoms with Crippen molar-refractivity contribution < 1.29 is 0 Å². The van der Waals surface area contributed by atoms with Gasteiger partial charge in [-0.3, -0.25) is 4.98 Å². The minimum absolute atomic E-state index is 0.687. The van der Waals surface area contributed by atoms with Crippen LogP contribution in [0.5, 0.6) is 0 Å². The number of nitrogen functional groups attached to an aromatic ring is 1. The lowest BCUT2D eigenvalue weighted by molar-refractivity contribution is 1.32. The monoisotopic (exact) mass is 262 g/mol. The van der Waals surface area contributed by atoms with Crippen LogP contribution in [0.4, 0.5) is 5.69 Å². The van der Waals surface area contributed by atoms with Crippen LogP contribution in [0.2, 0.25) is 0 Å². The number of hydrogen-bond acceptors (Lipinski definition) is 2. The molecule has 1 aromatic carbocycles. The molecule has 0 aliphatic carbocycles. The first kappa shape index (κ1) is 10.2. The van der Waals surface area contributed by atoms with Crippen LogP contribution >= 0.6 is 15.9 Å². The minimum atomic E-state index is 0.687. The van der Waals surface area contributed by atoms with Crippen molar-refractivity contribution in [2.75, 3.05) is 5.73 Å². The van der Waals surface area contributed by atoms with Crippen molar-refractivity contribution in [1.82, 2.24) is 4.98 Å². The highest BCUT2D eigenvalue weighted by Crippen LogP contribution is 2.27. The summed E-state index contributed by atoms with van der Waals surface area (Å²) in [6.07, 6.45) is 3.47. The Balaban J connectivity index is 2.58. The number of nitrogens with two attached hydrogens (primary N) is 1. The molecule has 0 unspecified atom stereocenters. The molecule has 1 heterocycles. The van der Waals surface area contributed by atoms with Gasteiger partial charge < -0.3 is 5.73 Å². The molecule has 0 radical (unpaired) electrons. The molecule has 0 spiro atoms. The van der Waals surface area contributed by atoms with Gasteiger partial charge in [0.05, 0.1) is 5.69 Å². The number of nitrogens with zero attached hydrogens (tertiary/aromatic N) is 1. The highest BCUT2D eigenvalue weighted by molar-refractivity contribution is 9.10. The molecule has 0 aliphatic rings. The summed E-state index contributed by atoms with van der Waals surface area (Å²) in [7, 11) is 0. The summed E-state index contributed by atoms with van der Waals surface area (Å²) in [6.45, 7) is 2.07. The molecule has 0 saturated carbocycles. The molecule has 2 N–H and O–H groups in total. The smallest absolute Gasteiger partial charge is 0.0506 e. The lowest BCUT2D eigenvalue weighted by Gasteiger charge is -2.06. The standard InChI is InChI=1S/C12H11BrN2/c1-8-2-3-10(13)5-12(8)9-4-11(14)7-15-6-9/h2-7H,14H2,1H3. The van der Waals surface area contributed by atoms with Crippen molar-refractivity contribution in [2.45, 2.75) is 6.92 Å². The molecule has 0 bridgehead atoms. The van der Waals surface area contributed by atoms with Crippen LogP contribution in [0.1, 0.15) is 5.56 Å². The average molecular weight is 263 g/mol. The molecular weight excluding hydrogens is 252 g/mol. The van der Waals surface area contributed by atoms with Gasteiger partial charge in [-0.15, -0.1) is 0 Å². The van der Waals surface area contributed by atoms with E-state index >= 15 is 0 Å². The zero-order valence-corrected chi connectivity index (χ0v) is 9.95. The number of aryl methyl sites for hydroxylation is 1. The predicted molar refractivity (Wildman–Crippen MR) is 66.5 cm³/mol. The van der Waals surface area contributed by atoms with Crippen LogP contribution in [0, 0.1) is 6.92 Å². The van der Waals surface area contributed by atoms with Gasteiger partial charge in [-0.25, -0.2) is 0 Å². The molecule has 0 saturated heterocycles. The van der Waals surface area contributed by atoms with E-state index in [1.165, 1.54) is 5.56 Å². The first-order chi connectivity index (χ1) is 7.16. The number of hydrogen-bond donors (Lipinski definition) is 1. The topological polar surface area (TPSA) is 38.9 Å². The summed E-state index contributed by atoms with van der Waals surface area (Å²) < 4.78 is 1.06. The molecule has 1 aromatic heterocycles. The van der Waals surface area contributed by atoms with E-state index in [-0.39, 0.29) is 0 Å². The second-order valence-corrected chi connectivity index (χ2v) is 4.38. The second-order valence-electron chi connectivity index (χ2n) is 3.47. The molecule has 2 nitrogen and oxygen atoms in total. The first-order valence-electron chi connectivity index (χ1n) is 4.64. The van der Waals surface area contributed by atoms with Gasteiger partial charge >= 0.3 is 0 Å². The first-order valence-corrected chi connectivity index (χ1v) is 5.43. The van der Waals surface area contributed by atoms with Crippen molar-refractivity contribution in [3.8, 4) is 11.1 Å². The molecule has 3 heteroatoms. The maximum absolute atomic E-state index is 5.71. The van der Waals surface area contributed by atoms with Gasteiger partial charge in [0.1, 0.15) is 0 Å². The fourth-order valence-electron chi connectivity index (χ4n) is 1.51. The van der Waals surface area contributed by atoms with E-state index in [1.54, 1.807) is 6.20 Å². The number of anilines is 1. The van der Waals surface area contributed by atoms with E-state index in [1.807, 2.05) is 18.3 Å². The summed E-state index contributed by atoms with van der Waals surface area (Å²) in [5.41, 5.74) is 9.82. The number of halogens is 1. The van der Waals surface area contributed by atoms with Gasteiger partial charge in [0.25, 0.3) is 0 Å². The number of benzene rings is 1. The largest absolute Gasteiger partial charge is 0.397 e. The SMILES string of the molecule is Cc1ccc(Br)cc1-c1cncc(N)c1. The third-order valence-corrected chi connectivity index (χ3v) is 2.76. The van der Waals surface area contributed by atoms with Gasteiger partial charge in [-0.05, 0) is 36.2 Å². The Morgan fingerprint density at radius 1 is 1.20 bits per heavy atom. The van der Waals surface area contributed by atoms with Crippen LogP contribution in [0.15, 0.2) is 41.1 Å². The molecule has 0 fully saturated rings. The second kappa shape index (κ2) is 4.03. The minimum Gasteiger partial charge on any atom is -0.397 e. The third-order valence-electron chi connectivity index (χ3n) is 2.27. The van der Waals surface area contributed by atoms with Crippen molar-refractivity contribution in [3.05, 3.63) is 46.7 Å². The van der Waals surface area contributed by atoms with E-state index < -0.39 is 0 Å². The van der Waals surface area contributed by atoms with Crippen LogP contribution in [0.25, 0.3) is 11.1 Å². The fraction of sp³-hybridized carbons (Fsp3) is 0.0833. The molecule has 0 amide bonds. The van der Waals surface area contributed by atoms with Crippen molar-refractivity contribution in [2.24, 2.45) is 0 Å². The van der Waals surface area contributed by atoms with Crippen LogP contribution in [-0.4, -0.2) is 4.98 Å². The van der Waals surface area contributed by atoms with Crippen LogP contribution in [0.3, 0.4) is 0 Å². The third kappa shape index (κ3) is 2.18. The highest BCUT2D eigenvalue weighted by atomic mass is 79.9. The Hall–Kier alpha value is -1.35. The van der Waals surface area contributed by atoms with E-state index in [9.17, 15) is 0 Å². The Morgan fingerprint density at radius 3 is 2.73 bits per heavy atom. The Labute approximate surface area is 97.3 Å².